The van der Waals surface area contributed by atoms with E-state index in [0.29, 0.717) is 10.9 Å². The van der Waals surface area contributed by atoms with Crippen LogP contribution in [0.15, 0.2) is 51.1 Å². The van der Waals surface area contributed by atoms with Gasteiger partial charge in [0.15, 0.2) is 5.09 Å². The molecule has 2 atom stereocenters. The third kappa shape index (κ3) is 4.35. The summed E-state index contributed by atoms with van der Waals surface area (Å²) in [4.78, 5) is 16.7. The van der Waals surface area contributed by atoms with E-state index >= 15 is 0 Å². The number of aliphatic carboxylic acids is 1. The number of pyridine rings is 1. The highest BCUT2D eigenvalue weighted by molar-refractivity contribution is 7.99. The highest BCUT2D eigenvalue weighted by atomic mass is 32.2. The second-order valence-electron chi connectivity index (χ2n) is 5.78. The molecule has 1 aliphatic rings. The van der Waals surface area contributed by atoms with Gasteiger partial charge in [-0.05, 0) is 36.0 Å². The largest absolute Gasteiger partial charge is 0.481 e. The Morgan fingerprint density at radius 3 is 2.72 bits per heavy atom. The van der Waals surface area contributed by atoms with Crippen LogP contribution < -0.4 is 0 Å². The van der Waals surface area contributed by atoms with E-state index in [4.69, 9.17) is 9.52 Å². The standard InChI is InChI=1S/C16H15F3N2O3S/c17-16(18,19)12-9-21(8-11(12)15(22)23)7-10-4-5-14(24-10)25-13-3-1-2-6-20-13/h1-6,11-12H,7-9H2,(H,22,23)/t11-,12-/m1/s1. The Morgan fingerprint density at radius 2 is 2.12 bits per heavy atom. The van der Waals surface area contributed by atoms with E-state index in [-0.39, 0.29) is 19.6 Å². The highest BCUT2D eigenvalue weighted by Crippen LogP contribution is 2.38. The van der Waals surface area contributed by atoms with Crippen molar-refractivity contribution in [1.82, 2.24) is 9.88 Å². The van der Waals surface area contributed by atoms with Gasteiger partial charge in [0.25, 0.3) is 0 Å². The number of aromatic nitrogens is 1. The third-order valence-corrected chi connectivity index (χ3v) is 4.86. The number of furan rings is 1. The Kier molecular flexibility index (Phi) is 5.05. The van der Waals surface area contributed by atoms with E-state index in [1.807, 2.05) is 12.1 Å². The van der Waals surface area contributed by atoms with Gasteiger partial charge in [0.05, 0.1) is 18.4 Å². The quantitative estimate of drug-likeness (QED) is 0.866. The maximum atomic E-state index is 13.0. The van der Waals surface area contributed by atoms with Gasteiger partial charge in [0, 0.05) is 19.3 Å². The van der Waals surface area contributed by atoms with Crippen molar-refractivity contribution in [1.29, 1.82) is 0 Å². The molecule has 0 aromatic carbocycles. The number of likely N-dealkylation sites (tertiary alicyclic amines) is 1. The molecule has 3 heterocycles. The lowest BCUT2D eigenvalue weighted by Crippen LogP contribution is -2.33. The van der Waals surface area contributed by atoms with Crippen LogP contribution in [0.4, 0.5) is 13.2 Å². The lowest BCUT2D eigenvalue weighted by atomic mass is 9.96. The predicted molar refractivity (Wildman–Crippen MR) is 83.0 cm³/mol. The number of alkyl halides is 3. The molecule has 0 amide bonds. The number of hydrogen-bond acceptors (Lipinski definition) is 5. The van der Waals surface area contributed by atoms with Gasteiger partial charge in [-0.2, -0.15) is 13.2 Å². The molecule has 134 valence electrons. The molecule has 1 aliphatic heterocycles. The van der Waals surface area contributed by atoms with Crippen molar-refractivity contribution in [2.75, 3.05) is 13.1 Å². The van der Waals surface area contributed by atoms with E-state index in [2.05, 4.69) is 4.98 Å². The molecule has 0 radical (unpaired) electrons. The van der Waals surface area contributed by atoms with E-state index in [1.165, 1.54) is 16.7 Å². The first-order valence-corrected chi connectivity index (χ1v) is 8.34. The molecule has 5 nitrogen and oxygen atoms in total. The molecule has 0 saturated carbocycles. The van der Waals surface area contributed by atoms with E-state index < -0.39 is 24.0 Å². The van der Waals surface area contributed by atoms with E-state index in [0.717, 1.165) is 5.03 Å². The molecule has 0 unspecified atom stereocenters. The van der Waals surface area contributed by atoms with E-state index in [1.54, 1.807) is 24.4 Å². The number of nitrogens with zero attached hydrogens (tertiary/aromatic N) is 2. The monoisotopic (exact) mass is 372 g/mol. The number of carbonyl (C=O) groups is 1. The van der Waals surface area contributed by atoms with Crippen LogP contribution in [-0.2, 0) is 11.3 Å². The molecule has 3 rings (SSSR count). The summed E-state index contributed by atoms with van der Waals surface area (Å²) in [6, 6.07) is 8.86. The summed E-state index contributed by atoms with van der Waals surface area (Å²) in [5.41, 5.74) is 0. The van der Waals surface area contributed by atoms with Gasteiger partial charge in [0.1, 0.15) is 10.8 Å². The average Bonchev–Trinajstić information content (AvgIpc) is 3.15. The second-order valence-corrected chi connectivity index (χ2v) is 6.80. The Balaban J connectivity index is 1.64. The Labute approximate surface area is 145 Å². The maximum Gasteiger partial charge on any atom is 0.393 e. The molecular formula is C16H15F3N2O3S. The summed E-state index contributed by atoms with van der Waals surface area (Å²) >= 11 is 1.31. The Bertz CT molecular complexity index is 736. The van der Waals surface area contributed by atoms with Gasteiger partial charge in [-0.15, -0.1) is 0 Å². The van der Waals surface area contributed by atoms with Gasteiger partial charge in [-0.1, -0.05) is 6.07 Å². The highest BCUT2D eigenvalue weighted by Gasteiger charge is 2.52. The fraction of sp³-hybridized carbons (Fsp3) is 0.375. The van der Waals surface area contributed by atoms with Crippen LogP contribution in [0, 0.1) is 11.8 Å². The van der Waals surface area contributed by atoms with Crippen LogP contribution in [0.25, 0.3) is 0 Å². The first-order valence-electron chi connectivity index (χ1n) is 7.52. The van der Waals surface area contributed by atoms with Crippen LogP contribution in [0.2, 0.25) is 0 Å². The molecule has 1 N–H and O–H groups in total. The fourth-order valence-electron chi connectivity index (χ4n) is 2.83. The van der Waals surface area contributed by atoms with Gasteiger partial charge in [-0.3, -0.25) is 9.69 Å². The Morgan fingerprint density at radius 1 is 1.32 bits per heavy atom. The first kappa shape index (κ1) is 17.8. The van der Waals surface area contributed by atoms with E-state index in [9.17, 15) is 18.0 Å². The summed E-state index contributed by atoms with van der Waals surface area (Å²) in [7, 11) is 0. The van der Waals surface area contributed by atoms with Crippen molar-refractivity contribution < 1.29 is 27.5 Å². The van der Waals surface area contributed by atoms with Crippen LogP contribution in [0.1, 0.15) is 5.76 Å². The smallest absolute Gasteiger partial charge is 0.393 e. The number of carboxylic acid groups (broad SMARTS) is 1. The minimum Gasteiger partial charge on any atom is -0.481 e. The Hall–Kier alpha value is -2.00. The fourth-order valence-corrected chi connectivity index (χ4v) is 3.58. The lowest BCUT2D eigenvalue weighted by molar-refractivity contribution is -0.188. The summed E-state index contributed by atoms with van der Waals surface area (Å²) in [5.74, 6) is -4.24. The molecule has 0 spiro atoms. The van der Waals surface area contributed by atoms with Crippen LogP contribution in [0.5, 0.6) is 0 Å². The number of carboxylic acids is 1. The zero-order chi connectivity index (χ0) is 18.0. The topological polar surface area (TPSA) is 66.6 Å². The molecule has 1 fully saturated rings. The van der Waals surface area contributed by atoms with Crippen LogP contribution >= 0.6 is 11.8 Å². The van der Waals surface area contributed by atoms with Crippen LogP contribution in [-0.4, -0.2) is 40.2 Å². The first-order chi connectivity index (χ1) is 11.8. The maximum absolute atomic E-state index is 13.0. The van der Waals surface area contributed by atoms with Crippen molar-refractivity contribution in [3.63, 3.8) is 0 Å². The lowest BCUT2D eigenvalue weighted by Gasteiger charge is -2.18. The van der Waals surface area contributed by atoms with Crippen molar-refractivity contribution >= 4 is 17.7 Å². The van der Waals surface area contributed by atoms with Crippen molar-refractivity contribution in [2.45, 2.75) is 22.8 Å². The molecule has 2 aromatic rings. The molecular weight excluding hydrogens is 357 g/mol. The minimum atomic E-state index is -4.53. The SMILES string of the molecule is O=C(O)[C@@H]1CN(Cc2ccc(Sc3ccccn3)o2)C[C@H]1C(F)(F)F. The third-order valence-electron chi connectivity index (χ3n) is 3.99. The summed E-state index contributed by atoms with van der Waals surface area (Å²) in [6.07, 6.45) is -2.87. The normalized spacial score (nSPS) is 21.6. The van der Waals surface area contributed by atoms with Gasteiger partial charge >= 0.3 is 12.1 Å². The zero-order valence-electron chi connectivity index (χ0n) is 12.9. The molecule has 0 bridgehead atoms. The minimum absolute atomic E-state index is 0.138. The predicted octanol–water partition coefficient (Wildman–Crippen LogP) is 3.52. The number of rotatable bonds is 5. The summed E-state index contributed by atoms with van der Waals surface area (Å²) in [6.45, 7) is -0.355. The van der Waals surface area contributed by atoms with Crippen molar-refractivity contribution in [3.05, 3.63) is 42.3 Å². The number of halogens is 3. The second kappa shape index (κ2) is 7.09. The molecule has 25 heavy (non-hydrogen) atoms. The van der Waals surface area contributed by atoms with Gasteiger partial charge in [-0.25, -0.2) is 4.98 Å². The average molecular weight is 372 g/mol. The zero-order valence-corrected chi connectivity index (χ0v) is 13.8. The molecule has 0 aliphatic carbocycles. The molecule has 2 aromatic heterocycles. The van der Waals surface area contributed by atoms with Crippen molar-refractivity contribution in [3.8, 4) is 0 Å². The van der Waals surface area contributed by atoms with Crippen LogP contribution in [0.3, 0.4) is 0 Å². The number of hydrogen-bond donors (Lipinski definition) is 1. The van der Waals surface area contributed by atoms with Gasteiger partial charge in [0.2, 0.25) is 0 Å². The van der Waals surface area contributed by atoms with Crippen molar-refractivity contribution in [2.24, 2.45) is 11.8 Å². The summed E-state index contributed by atoms with van der Waals surface area (Å²) < 4.78 is 44.6. The van der Waals surface area contributed by atoms with Gasteiger partial charge < -0.3 is 9.52 Å². The molecule has 9 heteroatoms. The molecule has 1 saturated heterocycles. The summed E-state index contributed by atoms with van der Waals surface area (Å²) in [5, 5.41) is 10.4.